The lowest BCUT2D eigenvalue weighted by atomic mass is 10.0. The predicted molar refractivity (Wildman–Crippen MR) is 72.3 cm³/mol. The van der Waals surface area contributed by atoms with Crippen LogP contribution in [0.15, 0.2) is 12.1 Å². The average Bonchev–Trinajstić information content (AvgIpc) is 2.77. The highest BCUT2D eigenvalue weighted by Crippen LogP contribution is 2.28. The first-order chi connectivity index (χ1) is 8.40. The van der Waals surface area contributed by atoms with Crippen LogP contribution >= 0.6 is 0 Å². The van der Waals surface area contributed by atoms with Gasteiger partial charge >= 0.3 is 0 Å². The van der Waals surface area contributed by atoms with E-state index in [2.05, 4.69) is 10.3 Å². The molecule has 5 nitrogen and oxygen atoms in total. The summed E-state index contributed by atoms with van der Waals surface area (Å²) in [5.41, 5.74) is 2.95. The van der Waals surface area contributed by atoms with Gasteiger partial charge in [-0.05, 0) is 25.5 Å². The molecule has 0 amide bonds. The number of nitrogens with one attached hydrogen (secondary N) is 1. The lowest BCUT2D eigenvalue weighted by molar-refractivity contribution is 0.477. The van der Waals surface area contributed by atoms with Crippen LogP contribution in [0.3, 0.4) is 0 Å². The van der Waals surface area contributed by atoms with Crippen molar-refractivity contribution in [2.75, 3.05) is 31.7 Å². The highest BCUT2D eigenvalue weighted by atomic mass is 32.2. The van der Waals surface area contributed by atoms with E-state index >= 15 is 0 Å². The van der Waals surface area contributed by atoms with Crippen LogP contribution in [0, 0.1) is 6.92 Å². The summed E-state index contributed by atoms with van der Waals surface area (Å²) in [5, 5.41) is 3.10. The fourth-order valence-electron chi connectivity index (χ4n) is 2.32. The van der Waals surface area contributed by atoms with Crippen LogP contribution in [0.4, 0.5) is 5.69 Å². The van der Waals surface area contributed by atoms with E-state index in [-0.39, 0.29) is 5.92 Å². The molecule has 6 heteroatoms. The predicted octanol–water partition coefficient (Wildman–Crippen LogP) is 1.18. The molecule has 1 N–H and O–H groups in total. The number of hydrogen-bond acceptors (Lipinski definition) is 4. The molecule has 1 aliphatic heterocycles. The Labute approximate surface area is 108 Å². The van der Waals surface area contributed by atoms with Gasteiger partial charge in [-0.1, -0.05) is 0 Å². The normalized spacial score (nSPS) is 21.2. The van der Waals surface area contributed by atoms with E-state index in [9.17, 15) is 8.42 Å². The van der Waals surface area contributed by atoms with Crippen molar-refractivity contribution >= 4 is 15.7 Å². The minimum atomic E-state index is -3.08. The molecule has 1 aromatic rings. The zero-order valence-electron chi connectivity index (χ0n) is 11.0. The Kier molecular flexibility index (Phi) is 3.59. The van der Waals surface area contributed by atoms with E-state index in [1.165, 1.54) is 10.6 Å². The molecule has 0 aliphatic carbocycles. The fourth-order valence-corrected chi connectivity index (χ4v) is 3.21. The first-order valence-electron chi connectivity index (χ1n) is 6.01. The summed E-state index contributed by atoms with van der Waals surface area (Å²) < 4.78 is 24.5. The number of aromatic nitrogens is 1. The summed E-state index contributed by atoms with van der Waals surface area (Å²) in [7, 11) is -1.21. The van der Waals surface area contributed by atoms with Gasteiger partial charge in [-0.3, -0.25) is 4.98 Å². The van der Waals surface area contributed by atoms with Crippen LogP contribution in [0.2, 0.25) is 0 Å². The summed E-state index contributed by atoms with van der Waals surface area (Å²) in [5.74, 6) is 0.201. The lowest BCUT2D eigenvalue weighted by Crippen LogP contribution is -2.27. The Morgan fingerprint density at radius 3 is 2.72 bits per heavy atom. The van der Waals surface area contributed by atoms with Crippen LogP contribution < -0.4 is 5.32 Å². The summed E-state index contributed by atoms with van der Waals surface area (Å²) in [6.45, 7) is 3.08. The number of anilines is 1. The molecule has 100 valence electrons. The fraction of sp³-hybridized carbons (Fsp3) is 0.583. The Balaban J connectivity index is 2.21. The van der Waals surface area contributed by atoms with Gasteiger partial charge in [0.15, 0.2) is 0 Å². The van der Waals surface area contributed by atoms with Gasteiger partial charge < -0.3 is 5.32 Å². The third-order valence-corrected chi connectivity index (χ3v) is 4.57. The molecule has 1 saturated heterocycles. The van der Waals surface area contributed by atoms with E-state index in [4.69, 9.17) is 0 Å². The molecule has 1 fully saturated rings. The highest BCUT2D eigenvalue weighted by molar-refractivity contribution is 7.88. The van der Waals surface area contributed by atoms with Gasteiger partial charge in [0, 0.05) is 43.1 Å². The SMILES string of the molecule is CNc1cc(C)nc(C2CCN(S(C)(=O)=O)C2)c1. The van der Waals surface area contributed by atoms with Crippen LogP contribution in [0.25, 0.3) is 0 Å². The van der Waals surface area contributed by atoms with Gasteiger partial charge in [-0.2, -0.15) is 0 Å². The zero-order valence-corrected chi connectivity index (χ0v) is 11.8. The molecule has 0 saturated carbocycles. The molecule has 0 bridgehead atoms. The molecule has 18 heavy (non-hydrogen) atoms. The van der Waals surface area contributed by atoms with Crippen LogP contribution in [0.5, 0.6) is 0 Å². The topological polar surface area (TPSA) is 62.3 Å². The van der Waals surface area contributed by atoms with Gasteiger partial charge in [-0.15, -0.1) is 0 Å². The molecule has 1 atom stereocenters. The molecule has 0 spiro atoms. The number of sulfonamides is 1. The maximum absolute atomic E-state index is 11.5. The van der Waals surface area contributed by atoms with Crippen molar-refractivity contribution in [1.82, 2.24) is 9.29 Å². The van der Waals surface area contributed by atoms with E-state index in [1.807, 2.05) is 26.1 Å². The van der Waals surface area contributed by atoms with Crippen molar-refractivity contribution in [2.24, 2.45) is 0 Å². The summed E-state index contributed by atoms with van der Waals surface area (Å²) in [6, 6.07) is 3.98. The van der Waals surface area contributed by atoms with E-state index in [0.717, 1.165) is 23.5 Å². The zero-order chi connectivity index (χ0) is 13.3. The smallest absolute Gasteiger partial charge is 0.211 e. The minimum absolute atomic E-state index is 0.201. The van der Waals surface area contributed by atoms with Gasteiger partial charge in [0.25, 0.3) is 0 Å². The molecular weight excluding hydrogens is 250 g/mol. The first kappa shape index (κ1) is 13.3. The van der Waals surface area contributed by atoms with Crippen molar-refractivity contribution in [3.8, 4) is 0 Å². The first-order valence-corrected chi connectivity index (χ1v) is 7.86. The van der Waals surface area contributed by atoms with Crippen LogP contribution in [0.1, 0.15) is 23.7 Å². The van der Waals surface area contributed by atoms with Crippen molar-refractivity contribution in [3.63, 3.8) is 0 Å². The maximum Gasteiger partial charge on any atom is 0.211 e. The standard InChI is InChI=1S/C12H19N3O2S/c1-9-6-11(13-2)7-12(14-9)10-4-5-15(8-10)18(3,16)17/h6-7,10H,4-5,8H2,1-3H3,(H,13,14). The second-order valence-corrected chi connectivity index (χ2v) is 6.76. The maximum atomic E-state index is 11.5. The van der Waals surface area contributed by atoms with E-state index in [1.54, 1.807) is 0 Å². The Hall–Kier alpha value is -1.14. The second kappa shape index (κ2) is 4.85. The van der Waals surface area contributed by atoms with Crippen molar-refractivity contribution in [3.05, 3.63) is 23.5 Å². The number of hydrogen-bond donors (Lipinski definition) is 1. The molecule has 0 aromatic carbocycles. The minimum Gasteiger partial charge on any atom is -0.388 e. The number of pyridine rings is 1. The highest BCUT2D eigenvalue weighted by Gasteiger charge is 2.30. The lowest BCUT2D eigenvalue weighted by Gasteiger charge is -2.14. The quantitative estimate of drug-likeness (QED) is 0.895. The molecule has 1 aliphatic rings. The monoisotopic (exact) mass is 269 g/mol. The van der Waals surface area contributed by atoms with Gasteiger partial charge in [-0.25, -0.2) is 12.7 Å². The number of aryl methyl sites for hydroxylation is 1. The third-order valence-electron chi connectivity index (χ3n) is 3.30. The Morgan fingerprint density at radius 2 is 2.17 bits per heavy atom. The van der Waals surface area contributed by atoms with Gasteiger partial charge in [0.2, 0.25) is 10.0 Å². The molecule has 0 radical (unpaired) electrons. The number of rotatable bonds is 3. The molecule has 2 rings (SSSR count). The van der Waals surface area contributed by atoms with E-state index in [0.29, 0.717) is 13.1 Å². The van der Waals surface area contributed by atoms with E-state index < -0.39 is 10.0 Å². The summed E-state index contributed by atoms with van der Waals surface area (Å²) in [6.07, 6.45) is 2.10. The molecule has 1 unspecified atom stereocenters. The molecular formula is C12H19N3O2S. The largest absolute Gasteiger partial charge is 0.388 e. The average molecular weight is 269 g/mol. The number of nitrogens with zero attached hydrogens (tertiary/aromatic N) is 2. The Bertz CT molecular complexity index is 542. The summed E-state index contributed by atoms with van der Waals surface area (Å²) >= 11 is 0. The third kappa shape index (κ3) is 2.81. The van der Waals surface area contributed by atoms with Crippen LogP contribution in [-0.4, -0.2) is 44.1 Å². The summed E-state index contributed by atoms with van der Waals surface area (Å²) in [4.78, 5) is 4.52. The van der Waals surface area contributed by atoms with Crippen LogP contribution in [-0.2, 0) is 10.0 Å². The Morgan fingerprint density at radius 1 is 1.44 bits per heavy atom. The second-order valence-electron chi connectivity index (χ2n) is 4.78. The van der Waals surface area contributed by atoms with Crippen molar-refractivity contribution in [1.29, 1.82) is 0 Å². The van der Waals surface area contributed by atoms with Gasteiger partial charge in [0.05, 0.1) is 6.26 Å². The molecule has 2 heterocycles. The van der Waals surface area contributed by atoms with Crippen molar-refractivity contribution < 1.29 is 8.42 Å². The molecule has 1 aromatic heterocycles. The van der Waals surface area contributed by atoms with Crippen molar-refractivity contribution in [2.45, 2.75) is 19.3 Å². The van der Waals surface area contributed by atoms with Gasteiger partial charge in [0.1, 0.15) is 0 Å².